The Bertz CT molecular complexity index is 379. The van der Waals surface area contributed by atoms with Crippen molar-refractivity contribution in [1.29, 1.82) is 0 Å². The van der Waals surface area contributed by atoms with E-state index in [2.05, 4.69) is 5.10 Å². The molecule has 0 aliphatic heterocycles. The van der Waals surface area contributed by atoms with E-state index >= 15 is 0 Å². The molecular weight excluding hydrogens is 226 g/mol. The van der Waals surface area contributed by atoms with Crippen molar-refractivity contribution in [3.8, 4) is 0 Å². The van der Waals surface area contributed by atoms with Gasteiger partial charge < -0.3 is 5.73 Å². The second kappa shape index (κ2) is 4.97. The molecule has 0 aliphatic carbocycles. The Labute approximate surface area is 101 Å². The number of nitrogens with two attached hydrogens (primary N) is 1. The van der Waals surface area contributed by atoms with E-state index in [-0.39, 0.29) is 11.3 Å². The van der Waals surface area contributed by atoms with Crippen LogP contribution in [0.3, 0.4) is 0 Å². The Morgan fingerprint density at radius 3 is 2.75 bits per heavy atom. The number of rotatable bonds is 5. The summed E-state index contributed by atoms with van der Waals surface area (Å²) in [4.78, 5) is 12.0. The zero-order valence-corrected chi connectivity index (χ0v) is 10.7. The number of aryl methyl sites for hydroxylation is 1. The largest absolute Gasteiger partial charge is 0.326 e. The highest BCUT2D eigenvalue weighted by atomic mass is 35.5. The van der Waals surface area contributed by atoms with Gasteiger partial charge in [0.15, 0.2) is 5.78 Å². The Hall–Kier alpha value is -0.870. The van der Waals surface area contributed by atoms with Crippen LogP contribution in [0.5, 0.6) is 0 Å². The second-order valence-corrected chi connectivity index (χ2v) is 4.98. The lowest BCUT2D eigenvalue weighted by Gasteiger charge is -2.17. The lowest BCUT2D eigenvalue weighted by molar-refractivity contribution is 0.0962. The van der Waals surface area contributed by atoms with Crippen LogP contribution in [0, 0.1) is 0 Å². The average molecular weight is 244 g/mol. The van der Waals surface area contributed by atoms with Crippen LogP contribution in [0.15, 0.2) is 6.20 Å². The molecule has 1 aromatic rings. The van der Waals surface area contributed by atoms with Crippen LogP contribution in [0.2, 0.25) is 5.02 Å². The second-order valence-electron chi connectivity index (χ2n) is 4.57. The summed E-state index contributed by atoms with van der Waals surface area (Å²) in [6, 6.07) is 0. The third-order valence-corrected chi connectivity index (χ3v) is 2.63. The van der Waals surface area contributed by atoms with Gasteiger partial charge in [-0.3, -0.25) is 9.48 Å². The molecule has 16 heavy (non-hydrogen) atoms. The van der Waals surface area contributed by atoms with Crippen molar-refractivity contribution in [3.05, 3.63) is 16.9 Å². The number of aromatic nitrogens is 2. The fourth-order valence-electron chi connectivity index (χ4n) is 1.43. The Morgan fingerprint density at radius 1 is 1.62 bits per heavy atom. The van der Waals surface area contributed by atoms with Crippen LogP contribution in [0.25, 0.3) is 0 Å². The molecule has 0 saturated heterocycles. The number of carbonyl (C=O) groups is 1. The van der Waals surface area contributed by atoms with Crippen molar-refractivity contribution in [2.45, 2.75) is 45.7 Å². The maximum Gasteiger partial charge on any atom is 0.182 e. The fraction of sp³-hybridized carbons (Fsp3) is 0.636. The van der Waals surface area contributed by atoms with Crippen molar-refractivity contribution in [2.24, 2.45) is 5.73 Å². The quantitative estimate of drug-likeness (QED) is 0.807. The first-order valence-corrected chi connectivity index (χ1v) is 5.76. The first-order valence-electron chi connectivity index (χ1n) is 5.38. The van der Waals surface area contributed by atoms with Crippen LogP contribution in [0.4, 0.5) is 0 Å². The first kappa shape index (κ1) is 13.2. The molecule has 0 saturated carbocycles. The molecule has 1 rings (SSSR count). The topological polar surface area (TPSA) is 60.9 Å². The van der Waals surface area contributed by atoms with Gasteiger partial charge in [0.1, 0.15) is 5.69 Å². The predicted molar refractivity (Wildman–Crippen MR) is 64.7 cm³/mol. The minimum Gasteiger partial charge on any atom is -0.326 e. The number of hydrogen-bond acceptors (Lipinski definition) is 3. The number of carbonyl (C=O) groups excluding carboxylic acids is 1. The Balaban J connectivity index is 2.76. The SMILES string of the molecule is CCn1ncc(Cl)c1C(=O)CCC(C)(C)N. The average Bonchev–Trinajstić information content (AvgIpc) is 2.55. The van der Waals surface area contributed by atoms with Crippen LogP contribution in [-0.2, 0) is 6.54 Å². The highest BCUT2D eigenvalue weighted by molar-refractivity contribution is 6.33. The van der Waals surface area contributed by atoms with E-state index in [1.54, 1.807) is 4.68 Å². The van der Waals surface area contributed by atoms with Gasteiger partial charge in [-0.15, -0.1) is 0 Å². The van der Waals surface area contributed by atoms with E-state index in [0.29, 0.717) is 30.1 Å². The summed E-state index contributed by atoms with van der Waals surface area (Å²) < 4.78 is 1.62. The van der Waals surface area contributed by atoms with Crippen LogP contribution in [0.1, 0.15) is 44.1 Å². The molecule has 1 heterocycles. The van der Waals surface area contributed by atoms with E-state index in [0.717, 1.165) is 0 Å². The Morgan fingerprint density at radius 2 is 2.25 bits per heavy atom. The zero-order chi connectivity index (χ0) is 12.3. The molecule has 0 spiro atoms. The standard InChI is InChI=1S/C11H18ClN3O/c1-4-15-10(8(12)7-14-15)9(16)5-6-11(2,3)13/h7H,4-6,13H2,1-3H3. The van der Waals surface area contributed by atoms with E-state index < -0.39 is 0 Å². The van der Waals surface area contributed by atoms with Gasteiger partial charge in [-0.1, -0.05) is 11.6 Å². The summed E-state index contributed by atoms with van der Waals surface area (Å²) in [6.45, 7) is 6.37. The highest BCUT2D eigenvalue weighted by Crippen LogP contribution is 2.19. The van der Waals surface area contributed by atoms with Crippen molar-refractivity contribution in [2.75, 3.05) is 0 Å². The van der Waals surface area contributed by atoms with Gasteiger partial charge in [0.05, 0.1) is 11.2 Å². The first-order chi connectivity index (χ1) is 7.35. The van der Waals surface area contributed by atoms with E-state index in [1.165, 1.54) is 6.20 Å². The van der Waals surface area contributed by atoms with Gasteiger partial charge in [0.25, 0.3) is 0 Å². The summed E-state index contributed by atoms with van der Waals surface area (Å²) in [7, 11) is 0. The zero-order valence-electron chi connectivity index (χ0n) is 9.96. The molecule has 0 aliphatic rings. The van der Waals surface area contributed by atoms with Gasteiger partial charge in [-0.05, 0) is 27.2 Å². The van der Waals surface area contributed by atoms with Gasteiger partial charge >= 0.3 is 0 Å². The molecule has 5 heteroatoms. The molecule has 2 N–H and O–H groups in total. The third-order valence-electron chi connectivity index (χ3n) is 2.35. The normalized spacial score (nSPS) is 11.8. The maximum atomic E-state index is 12.0. The number of halogens is 1. The highest BCUT2D eigenvalue weighted by Gasteiger charge is 2.19. The Kier molecular flexibility index (Phi) is 4.10. The summed E-state index contributed by atoms with van der Waals surface area (Å²) in [5, 5.41) is 4.45. The fourth-order valence-corrected chi connectivity index (χ4v) is 1.68. The number of hydrogen-bond donors (Lipinski definition) is 1. The van der Waals surface area contributed by atoms with Crippen molar-refractivity contribution in [3.63, 3.8) is 0 Å². The van der Waals surface area contributed by atoms with Gasteiger partial charge in [-0.2, -0.15) is 5.10 Å². The molecule has 1 aromatic heterocycles. The van der Waals surface area contributed by atoms with Crippen molar-refractivity contribution < 1.29 is 4.79 Å². The summed E-state index contributed by atoms with van der Waals surface area (Å²) in [5.41, 5.74) is 6.00. The molecule has 90 valence electrons. The predicted octanol–water partition coefficient (Wildman–Crippen LogP) is 2.26. The maximum absolute atomic E-state index is 12.0. The number of nitrogens with zero attached hydrogens (tertiary/aromatic N) is 2. The molecule has 0 amide bonds. The van der Waals surface area contributed by atoms with Crippen LogP contribution >= 0.6 is 11.6 Å². The molecule has 0 radical (unpaired) electrons. The van der Waals surface area contributed by atoms with Crippen LogP contribution < -0.4 is 5.73 Å². The molecule has 0 bridgehead atoms. The third kappa shape index (κ3) is 3.32. The summed E-state index contributed by atoms with van der Waals surface area (Å²) >= 11 is 5.93. The number of ketones is 1. The van der Waals surface area contributed by atoms with E-state index in [4.69, 9.17) is 17.3 Å². The summed E-state index contributed by atoms with van der Waals surface area (Å²) in [6.07, 6.45) is 2.54. The smallest absolute Gasteiger partial charge is 0.182 e. The lowest BCUT2D eigenvalue weighted by atomic mass is 9.97. The molecule has 0 aromatic carbocycles. The van der Waals surface area contributed by atoms with Gasteiger partial charge in [0.2, 0.25) is 0 Å². The van der Waals surface area contributed by atoms with Gasteiger partial charge in [0, 0.05) is 18.5 Å². The monoisotopic (exact) mass is 243 g/mol. The molecule has 4 nitrogen and oxygen atoms in total. The van der Waals surface area contributed by atoms with E-state index in [1.807, 2.05) is 20.8 Å². The molecule has 0 fully saturated rings. The lowest BCUT2D eigenvalue weighted by Crippen LogP contribution is -2.32. The minimum atomic E-state index is -0.334. The minimum absolute atomic E-state index is 0.00266. The van der Waals surface area contributed by atoms with E-state index in [9.17, 15) is 4.79 Å². The molecule has 0 unspecified atom stereocenters. The summed E-state index contributed by atoms with van der Waals surface area (Å²) in [5.74, 6) is 0.00266. The molecular formula is C11H18ClN3O. The van der Waals surface area contributed by atoms with Crippen molar-refractivity contribution >= 4 is 17.4 Å². The van der Waals surface area contributed by atoms with Gasteiger partial charge in [-0.25, -0.2) is 0 Å². The number of Topliss-reactive ketones (excluding diaryl/α,β-unsaturated/α-hetero) is 1. The van der Waals surface area contributed by atoms with Crippen LogP contribution in [-0.4, -0.2) is 21.1 Å². The van der Waals surface area contributed by atoms with Crippen molar-refractivity contribution in [1.82, 2.24) is 9.78 Å². The molecule has 0 atom stereocenters.